The van der Waals surface area contributed by atoms with Crippen molar-refractivity contribution >= 4 is 0 Å². The maximum absolute atomic E-state index is 9.91. The van der Waals surface area contributed by atoms with Crippen LogP contribution in [0.4, 0.5) is 0 Å². The summed E-state index contributed by atoms with van der Waals surface area (Å²) < 4.78 is 11.2. The van der Waals surface area contributed by atoms with Crippen LogP contribution in [-0.2, 0) is 0 Å². The van der Waals surface area contributed by atoms with Crippen molar-refractivity contribution in [2.24, 2.45) is 0 Å². The molecule has 1 aliphatic rings. The highest BCUT2D eigenvalue weighted by Gasteiger charge is 2.33. The van der Waals surface area contributed by atoms with E-state index >= 15 is 0 Å². The van der Waals surface area contributed by atoms with E-state index in [1.165, 1.54) is 12.7 Å². The molecule has 2 aromatic rings. The molecule has 3 heteroatoms. The largest absolute Gasteiger partial charge is 0.504 e. The van der Waals surface area contributed by atoms with Crippen molar-refractivity contribution in [1.82, 2.24) is 0 Å². The van der Waals surface area contributed by atoms with Crippen LogP contribution in [0.5, 0.6) is 17.2 Å². The van der Waals surface area contributed by atoms with E-state index in [2.05, 4.69) is 38.1 Å². The third-order valence-electron chi connectivity index (χ3n) is 3.92. The van der Waals surface area contributed by atoms with Gasteiger partial charge in [0.1, 0.15) is 11.9 Å². The zero-order chi connectivity index (χ0) is 14.3. The summed E-state index contributed by atoms with van der Waals surface area (Å²) in [6.07, 6.45) is -0.0166. The molecule has 0 saturated carbocycles. The van der Waals surface area contributed by atoms with Crippen LogP contribution in [0.25, 0.3) is 0 Å². The summed E-state index contributed by atoms with van der Waals surface area (Å²) in [5.74, 6) is 1.59. The molecule has 1 N–H and O–H groups in total. The Labute approximate surface area is 118 Å². The minimum absolute atomic E-state index is 0.0166. The maximum atomic E-state index is 9.91. The molecule has 3 nitrogen and oxygen atoms in total. The van der Waals surface area contributed by atoms with Crippen LogP contribution in [0.1, 0.15) is 35.6 Å². The van der Waals surface area contributed by atoms with Gasteiger partial charge in [0.25, 0.3) is 0 Å². The number of ether oxygens (including phenoxy) is 2. The SMILES string of the molecule is COc1cc2c(cc1O)[C@@H](C)[C@H](c1ccc(C)cc1)O2. The van der Waals surface area contributed by atoms with Gasteiger partial charge in [0.15, 0.2) is 11.5 Å². The van der Waals surface area contributed by atoms with Crippen molar-refractivity contribution in [3.8, 4) is 17.2 Å². The molecular weight excluding hydrogens is 252 g/mol. The summed E-state index contributed by atoms with van der Waals surface area (Å²) in [5, 5.41) is 9.91. The molecule has 1 aliphatic heterocycles. The van der Waals surface area contributed by atoms with Crippen LogP contribution in [0.3, 0.4) is 0 Å². The summed E-state index contributed by atoms with van der Waals surface area (Å²) in [6.45, 7) is 4.18. The van der Waals surface area contributed by atoms with E-state index in [1.807, 2.05) is 0 Å². The molecule has 0 fully saturated rings. The number of phenols is 1. The fraction of sp³-hybridized carbons (Fsp3) is 0.294. The zero-order valence-corrected chi connectivity index (χ0v) is 11.9. The molecule has 0 aliphatic carbocycles. The standard InChI is InChI=1S/C17H18O3/c1-10-4-6-12(7-5-10)17-11(2)13-8-14(18)16(19-3)9-15(13)20-17/h4-9,11,17-18H,1-3H3/t11-,17-/m1/s1. The van der Waals surface area contributed by atoms with Crippen LogP contribution in [-0.4, -0.2) is 12.2 Å². The van der Waals surface area contributed by atoms with Crippen LogP contribution < -0.4 is 9.47 Å². The van der Waals surface area contributed by atoms with Crippen molar-refractivity contribution < 1.29 is 14.6 Å². The second kappa shape index (κ2) is 4.75. The Balaban J connectivity index is 1.97. The molecule has 0 unspecified atom stereocenters. The van der Waals surface area contributed by atoms with Crippen molar-refractivity contribution in [3.05, 3.63) is 53.1 Å². The average molecular weight is 270 g/mol. The van der Waals surface area contributed by atoms with E-state index in [1.54, 1.807) is 12.1 Å². The molecule has 0 spiro atoms. The molecule has 20 heavy (non-hydrogen) atoms. The Morgan fingerprint density at radius 2 is 1.85 bits per heavy atom. The molecule has 3 rings (SSSR count). The van der Waals surface area contributed by atoms with Gasteiger partial charge in [0, 0.05) is 17.5 Å². The van der Waals surface area contributed by atoms with E-state index in [9.17, 15) is 5.11 Å². The van der Waals surface area contributed by atoms with Gasteiger partial charge in [0.2, 0.25) is 0 Å². The van der Waals surface area contributed by atoms with E-state index in [-0.39, 0.29) is 17.8 Å². The monoisotopic (exact) mass is 270 g/mol. The molecular formula is C17H18O3. The normalized spacial score (nSPS) is 20.4. The van der Waals surface area contributed by atoms with E-state index in [0.717, 1.165) is 16.9 Å². The summed E-state index contributed by atoms with van der Waals surface area (Å²) in [4.78, 5) is 0. The molecule has 1 heterocycles. The van der Waals surface area contributed by atoms with E-state index < -0.39 is 0 Å². The number of aryl methyl sites for hydroxylation is 1. The lowest BCUT2D eigenvalue weighted by Gasteiger charge is -2.15. The molecule has 0 radical (unpaired) electrons. The Kier molecular flexibility index (Phi) is 3.05. The van der Waals surface area contributed by atoms with Crippen LogP contribution in [0, 0.1) is 6.92 Å². The van der Waals surface area contributed by atoms with Gasteiger partial charge in [-0.1, -0.05) is 36.8 Å². The first-order valence-corrected chi connectivity index (χ1v) is 6.74. The number of fused-ring (bicyclic) bond motifs is 1. The number of benzene rings is 2. The highest BCUT2D eigenvalue weighted by atomic mass is 16.5. The zero-order valence-electron chi connectivity index (χ0n) is 11.9. The van der Waals surface area contributed by atoms with Crippen LogP contribution in [0.15, 0.2) is 36.4 Å². The molecule has 2 atom stereocenters. The van der Waals surface area contributed by atoms with Crippen molar-refractivity contribution in [3.63, 3.8) is 0 Å². The van der Waals surface area contributed by atoms with Crippen molar-refractivity contribution in [2.45, 2.75) is 25.9 Å². The van der Waals surface area contributed by atoms with Gasteiger partial charge >= 0.3 is 0 Å². The highest BCUT2D eigenvalue weighted by molar-refractivity contribution is 5.54. The maximum Gasteiger partial charge on any atom is 0.164 e. The lowest BCUT2D eigenvalue weighted by Crippen LogP contribution is -2.06. The van der Waals surface area contributed by atoms with Gasteiger partial charge in [-0.2, -0.15) is 0 Å². The lowest BCUT2D eigenvalue weighted by atomic mass is 9.92. The summed E-state index contributed by atoms with van der Waals surface area (Å²) >= 11 is 0. The molecule has 0 amide bonds. The summed E-state index contributed by atoms with van der Waals surface area (Å²) in [7, 11) is 1.54. The minimum Gasteiger partial charge on any atom is -0.504 e. The fourth-order valence-corrected chi connectivity index (χ4v) is 2.70. The minimum atomic E-state index is -0.0166. The number of rotatable bonds is 2. The number of aromatic hydroxyl groups is 1. The predicted octanol–water partition coefficient (Wildman–Crippen LogP) is 3.95. The Hall–Kier alpha value is -2.16. The molecule has 0 saturated heterocycles. The number of hydrogen-bond donors (Lipinski definition) is 1. The number of phenolic OH excluding ortho intramolecular Hbond substituents is 1. The predicted molar refractivity (Wildman–Crippen MR) is 77.6 cm³/mol. The molecule has 2 aromatic carbocycles. The second-order valence-corrected chi connectivity index (χ2v) is 5.30. The average Bonchev–Trinajstić information content (AvgIpc) is 2.76. The van der Waals surface area contributed by atoms with E-state index in [0.29, 0.717) is 5.75 Å². The first-order valence-electron chi connectivity index (χ1n) is 6.74. The van der Waals surface area contributed by atoms with Gasteiger partial charge < -0.3 is 14.6 Å². The first kappa shape index (κ1) is 12.9. The lowest BCUT2D eigenvalue weighted by molar-refractivity contribution is 0.215. The summed E-state index contributed by atoms with van der Waals surface area (Å²) in [6, 6.07) is 11.9. The Bertz CT molecular complexity index is 631. The van der Waals surface area contributed by atoms with E-state index in [4.69, 9.17) is 9.47 Å². The first-order chi connectivity index (χ1) is 9.60. The molecule has 104 valence electrons. The second-order valence-electron chi connectivity index (χ2n) is 5.30. The topological polar surface area (TPSA) is 38.7 Å². The Morgan fingerprint density at radius 3 is 2.50 bits per heavy atom. The molecule has 0 bridgehead atoms. The van der Waals surface area contributed by atoms with Crippen LogP contribution in [0.2, 0.25) is 0 Å². The highest BCUT2D eigenvalue weighted by Crippen LogP contribution is 2.49. The smallest absolute Gasteiger partial charge is 0.164 e. The van der Waals surface area contributed by atoms with Gasteiger partial charge in [-0.05, 0) is 18.6 Å². The number of hydrogen-bond acceptors (Lipinski definition) is 3. The van der Waals surface area contributed by atoms with Crippen LogP contribution >= 0.6 is 0 Å². The van der Waals surface area contributed by atoms with Gasteiger partial charge in [-0.25, -0.2) is 0 Å². The summed E-state index contributed by atoms with van der Waals surface area (Å²) in [5.41, 5.74) is 3.41. The van der Waals surface area contributed by atoms with Gasteiger partial charge in [-0.3, -0.25) is 0 Å². The molecule has 0 aromatic heterocycles. The number of methoxy groups -OCH3 is 1. The third kappa shape index (κ3) is 1.99. The van der Waals surface area contributed by atoms with Crippen molar-refractivity contribution in [1.29, 1.82) is 0 Å². The van der Waals surface area contributed by atoms with Gasteiger partial charge in [0.05, 0.1) is 7.11 Å². The Morgan fingerprint density at radius 1 is 1.15 bits per heavy atom. The third-order valence-corrected chi connectivity index (χ3v) is 3.92. The van der Waals surface area contributed by atoms with Crippen molar-refractivity contribution in [2.75, 3.05) is 7.11 Å². The van der Waals surface area contributed by atoms with Gasteiger partial charge in [-0.15, -0.1) is 0 Å². The fourth-order valence-electron chi connectivity index (χ4n) is 2.70. The quantitative estimate of drug-likeness (QED) is 0.898.